The van der Waals surface area contributed by atoms with Gasteiger partial charge in [-0.15, -0.1) is 0 Å². The van der Waals surface area contributed by atoms with Gasteiger partial charge in [-0.05, 0) is 18.9 Å². The van der Waals surface area contributed by atoms with Crippen LogP contribution in [-0.4, -0.2) is 12.5 Å². The van der Waals surface area contributed by atoms with Gasteiger partial charge in [-0.1, -0.05) is 30.3 Å². The van der Waals surface area contributed by atoms with Crippen LogP contribution in [-0.2, 0) is 11.2 Å². The molecule has 80 valence electrons. The molecule has 0 saturated carbocycles. The highest BCUT2D eigenvalue weighted by Crippen LogP contribution is 1.97. The van der Waals surface area contributed by atoms with Crippen LogP contribution >= 0.6 is 0 Å². The predicted octanol–water partition coefficient (Wildman–Crippen LogP) is 1.21. The van der Waals surface area contributed by atoms with Crippen LogP contribution < -0.4 is 11.1 Å². The largest absolute Gasteiger partial charge is 0.402 e. The Balaban J connectivity index is 2.28. The summed E-state index contributed by atoms with van der Waals surface area (Å²) in [6, 6.07) is 10.0. The highest BCUT2D eigenvalue weighted by Gasteiger charge is 1.96. The Morgan fingerprint density at radius 3 is 2.67 bits per heavy atom. The Morgan fingerprint density at radius 1 is 1.40 bits per heavy atom. The number of nitrogens with one attached hydrogen (secondary N) is 1. The molecule has 0 bridgehead atoms. The van der Waals surface area contributed by atoms with Gasteiger partial charge in [0, 0.05) is 18.3 Å². The molecular weight excluding hydrogens is 188 g/mol. The van der Waals surface area contributed by atoms with Gasteiger partial charge in [0.25, 0.3) is 0 Å². The van der Waals surface area contributed by atoms with E-state index in [9.17, 15) is 4.79 Å². The van der Waals surface area contributed by atoms with Crippen LogP contribution in [0.2, 0.25) is 0 Å². The van der Waals surface area contributed by atoms with E-state index in [1.165, 1.54) is 11.6 Å². The summed E-state index contributed by atoms with van der Waals surface area (Å²) in [7, 11) is 0. The zero-order valence-electron chi connectivity index (χ0n) is 8.86. The van der Waals surface area contributed by atoms with Gasteiger partial charge in [0.2, 0.25) is 5.91 Å². The number of rotatable bonds is 4. The molecule has 0 aliphatic heterocycles. The zero-order chi connectivity index (χ0) is 11.1. The van der Waals surface area contributed by atoms with Gasteiger partial charge in [-0.25, -0.2) is 0 Å². The van der Waals surface area contributed by atoms with E-state index in [1.54, 1.807) is 6.92 Å². The molecule has 0 radical (unpaired) electrons. The maximum absolute atomic E-state index is 11.2. The lowest BCUT2D eigenvalue weighted by atomic mass is 10.1. The van der Waals surface area contributed by atoms with E-state index in [-0.39, 0.29) is 5.91 Å². The molecule has 0 heterocycles. The Labute approximate surface area is 90.0 Å². The number of amides is 1. The highest BCUT2D eigenvalue weighted by molar-refractivity contribution is 5.87. The van der Waals surface area contributed by atoms with Crippen molar-refractivity contribution < 1.29 is 4.79 Å². The molecule has 1 aromatic rings. The zero-order valence-corrected chi connectivity index (χ0v) is 8.86. The van der Waals surface area contributed by atoms with Crippen LogP contribution in [0.1, 0.15) is 12.5 Å². The van der Waals surface area contributed by atoms with E-state index in [2.05, 4.69) is 5.32 Å². The van der Waals surface area contributed by atoms with Crippen molar-refractivity contribution >= 4 is 5.91 Å². The smallest absolute Gasteiger partial charge is 0.245 e. The highest BCUT2D eigenvalue weighted by atomic mass is 16.1. The Hall–Kier alpha value is -1.77. The van der Waals surface area contributed by atoms with E-state index < -0.39 is 0 Å². The Kier molecular flexibility index (Phi) is 4.41. The van der Waals surface area contributed by atoms with Crippen LogP contribution in [0, 0.1) is 0 Å². The van der Waals surface area contributed by atoms with Gasteiger partial charge in [-0.2, -0.15) is 0 Å². The van der Waals surface area contributed by atoms with Crippen LogP contribution in [0.15, 0.2) is 42.1 Å². The van der Waals surface area contributed by atoms with Crippen LogP contribution in [0.25, 0.3) is 0 Å². The van der Waals surface area contributed by atoms with Gasteiger partial charge in [0.05, 0.1) is 0 Å². The van der Waals surface area contributed by atoms with Crippen LogP contribution in [0.5, 0.6) is 0 Å². The van der Waals surface area contributed by atoms with Gasteiger partial charge >= 0.3 is 0 Å². The Morgan fingerprint density at radius 2 is 2.07 bits per heavy atom. The third-order valence-corrected chi connectivity index (χ3v) is 1.91. The first-order valence-corrected chi connectivity index (χ1v) is 4.94. The third kappa shape index (κ3) is 4.86. The summed E-state index contributed by atoms with van der Waals surface area (Å²) < 4.78 is 0. The summed E-state index contributed by atoms with van der Waals surface area (Å²) in [5.74, 6) is -0.133. The van der Waals surface area contributed by atoms with Gasteiger partial charge < -0.3 is 11.1 Å². The normalized spacial score (nSPS) is 11.1. The van der Waals surface area contributed by atoms with Crippen LogP contribution in [0.3, 0.4) is 0 Å². The van der Waals surface area contributed by atoms with Gasteiger partial charge in [0.1, 0.15) is 0 Å². The van der Waals surface area contributed by atoms with Crippen molar-refractivity contribution in [1.29, 1.82) is 0 Å². The van der Waals surface area contributed by atoms with E-state index in [0.29, 0.717) is 12.2 Å². The van der Waals surface area contributed by atoms with Crippen LogP contribution in [0.4, 0.5) is 0 Å². The number of benzene rings is 1. The number of allylic oxidation sites excluding steroid dienone is 1. The minimum atomic E-state index is -0.133. The minimum Gasteiger partial charge on any atom is -0.402 e. The Bertz CT molecular complexity index is 340. The first kappa shape index (κ1) is 11.3. The van der Waals surface area contributed by atoms with Crippen molar-refractivity contribution in [3.63, 3.8) is 0 Å². The fraction of sp³-hybridized carbons (Fsp3) is 0.250. The van der Waals surface area contributed by atoms with Crippen molar-refractivity contribution in [2.24, 2.45) is 5.73 Å². The quantitative estimate of drug-likeness (QED) is 0.724. The molecule has 0 unspecified atom stereocenters. The second-order valence-electron chi connectivity index (χ2n) is 3.41. The number of carbonyl (C=O) groups excluding carboxylic acids is 1. The molecule has 0 atom stereocenters. The molecule has 3 heteroatoms. The van der Waals surface area contributed by atoms with Gasteiger partial charge in [-0.3, -0.25) is 4.79 Å². The SMILES string of the molecule is C/C(N)=C/C(=O)NCCc1ccccc1. The van der Waals surface area contributed by atoms with Crippen molar-refractivity contribution in [1.82, 2.24) is 5.32 Å². The summed E-state index contributed by atoms with van der Waals surface area (Å²) in [6.07, 6.45) is 2.23. The van der Waals surface area contributed by atoms with E-state index in [0.717, 1.165) is 6.42 Å². The minimum absolute atomic E-state index is 0.133. The summed E-state index contributed by atoms with van der Waals surface area (Å²) in [6.45, 7) is 2.32. The standard InChI is InChI=1S/C12H16N2O/c1-10(13)9-12(15)14-8-7-11-5-3-2-4-6-11/h2-6,9H,7-8,13H2,1H3,(H,14,15)/b10-9-. The van der Waals surface area contributed by atoms with Crippen molar-refractivity contribution in [3.05, 3.63) is 47.7 Å². The predicted molar refractivity (Wildman–Crippen MR) is 61.1 cm³/mol. The lowest BCUT2D eigenvalue weighted by molar-refractivity contribution is -0.116. The number of hydrogen-bond acceptors (Lipinski definition) is 2. The molecule has 0 aliphatic rings. The third-order valence-electron chi connectivity index (χ3n) is 1.91. The number of hydrogen-bond donors (Lipinski definition) is 2. The molecule has 0 fully saturated rings. The van der Waals surface area contributed by atoms with Crippen molar-refractivity contribution in [2.75, 3.05) is 6.54 Å². The second kappa shape index (κ2) is 5.86. The fourth-order valence-electron chi connectivity index (χ4n) is 1.23. The topological polar surface area (TPSA) is 55.1 Å². The molecule has 1 amide bonds. The van der Waals surface area contributed by atoms with E-state index >= 15 is 0 Å². The van der Waals surface area contributed by atoms with Gasteiger partial charge in [0.15, 0.2) is 0 Å². The molecule has 0 aromatic heterocycles. The molecule has 0 saturated heterocycles. The molecule has 3 N–H and O–H groups in total. The first-order valence-electron chi connectivity index (χ1n) is 4.94. The molecule has 1 rings (SSSR count). The summed E-state index contributed by atoms with van der Waals surface area (Å²) in [4.78, 5) is 11.2. The summed E-state index contributed by atoms with van der Waals surface area (Å²) >= 11 is 0. The monoisotopic (exact) mass is 204 g/mol. The molecule has 0 spiro atoms. The average molecular weight is 204 g/mol. The summed E-state index contributed by atoms with van der Waals surface area (Å²) in [5.41, 5.74) is 7.11. The lowest BCUT2D eigenvalue weighted by Gasteiger charge is -2.02. The maximum Gasteiger partial charge on any atom is 0.245 e. The molecule has 0 aliphatic carbocycles. The second-order valence-corrected chi connectivity index (χ2v) is 3.41. The maximum atomic E-state index is 11.2. The number of nitrogens with two attached hydrogens (primary N) is 1. The average Bonchev–Trinajstić information content (AvgIpc) is 2.18. The van der Waals surface area contributed by atoms with Crippen molar-refractivity contribution in [3.8, 4) is 0 Å². The summed E-state index contributed by atoms with van der Waals surface area (Å²) in [5, 5.41) is 2.77. The first-order chi connectivity index (χ1) is 7.18. The lowest BCUT2D eigenvalue weighted by Crippen LogP contribution is -2.24. The molecular formula is C12H16N2O. The van der Waals surface area contributed by atoms with E-state index in [4.69, 9.17) is 5.73 Å². The molecule has 15 heavy (non-hydrogen) atoms. The van der Waals surface area contributed by atoms with Crippen molar-refractivity contribution in [2.45, 2.75) is 13.3 Å². The fourth-order valence-corrected chi connectivity index (χ4v) is 1.23. The molecule has 1 aromatic carbocycles. The molecule has 3 nitrogen and oxygen atoms in total. The number of carbonyl (C=O) groups is 1. The van der Waals surface area contributed by atoms with E-state index in [1.807, 2.05) is 30.3 Å².